The Labute approximate surface area is 184 Å². The van der Waals surface area contributed by atoms with E-state index in [4.69, 9.17) is 9.47 Å². The van der Waals surface area contributed by atoms with Crippen molar-refractivity contribution in [3.63, 3.8) is 0 Å². The van der Waals surface area contributed by atoms with Crippen LogP contribution < -0.4 is 14.8 Å². The number of aryl methyl sites for hydroxylation is 1. The van der Waals surface area contributed by atoms with Gasteiger partial charge in [-0.3, -0.25) is 4.79 Å². The number of fused-ring (bicyclic) bond motifs is 1. The van der Waals surface area contributed by atoms with E-state index in [0.717, 1.165) is 34.5 Å². The van der Waals surface area contributed by atoms with Crippen LogP contribution >= 0.6 is 11.3 Å². The number of benzene rings is 2. The third-order valence-electron chi connectivity index (χ3n) is 4.70. The van der Waals surface area contributed by atoms with Gasteiger partial charge in [-0.05, 0) is 43.7 Å². The maximum Gasteiger partial charge on any atom is 0.256 e. The Kier molecular flexibility index (Phi) is 6.18. The van der Waals surface area contributed by atoms with Crippen molar-refractivity contribution in [3.8, 4) is 16.6 Å². The fourth-order valence-electron chi connectivity index (χ4n) is 3.10. The molecule has 4 rings (SSSR count). The van der Waals surface area contributed by atoms with E-state index in [-0.39, 0.29) is 5.91 Å². The molecule has 1 N–H and O–H groups in total. The zero-order valence-corrected chi connectivity index (χ0v) is 18.5. The van der Waals surface area contributed by atoms with E-state index < -0.39 is 0 Å². The summed E-state index contributed by atoms with van der Waals surface area (Å²) in [5.41, 5.74) is 2.12. The van der Waals surface area contributed by atoms with Crippen molar-refractivity contribution in [1.82, 2.24) is 14.8 Å². The number of nitrogens with one attached hydrogen (secondary N) is 1. The van der Waals surface area contributed by atoms with Gasteiger partial charge < -0.3 is 14.8 Å². The number of hydrogen-bond donors (Lipinski definition) is 1. The highest BCUT2D eigenvalue weighted by molar-refractivity contribution is 7.20. The fraction of sp³-hybridized carbons (Fsp3) is 0.261. The summed E-state index contributed by atoms with van der Waals surface area (Å²) in [6.45, 7) is 4.63. The third-order valence-corrected chi connectivity index (χ3v) is 5.71. The van der Waals surface area contributed by atoms with Crippen molar-refractivity contribution in [2.75, 3.05) is 19.0 Å². The molecule has 0 spiro atoms. The molecule has 0 atom stereocenters. The monoisotopic (exact) mass is 436 g/mol. The number of amides is 1. The highest BCUT2D eigenvalue weighted by Gasteiger charge is 2.16. The molecule has 0 saturated carbocycles. The molecule has 8 heteroatoms. The number of carbonyl (C=O) groups is 1. The molecule has 0 aliphatic carbocycles. The molecule has 1 amide bonds. The average molecular weight is 437 g/mol. The second-order valence-corrected chi connectivity index (χ2v) is 8.11. The summed E-state index contributed by atoms with van der Waals surface area (Å²) in [5, 5.41) is 8.15. The Bertz CT molecular complexity index is 1210. The van der Waals surface area contributed by atoms with E-state index in [1.807, 2.05) is 43.3 Å². The van der Waals surface area contributed by atoms with E-state index >= 15 is 0 Å². The Balaban J connectivity index is 1.58. The molecule has 0 saturated heterocycles. The van der Waals surface area contributed by atoms with Crippen LogP contribution in [0.3, 0.4) is 0 Å². The van der Waals surface area contributed by atoms with Gasteiger partial charge in [0.2, 0.25) is 5.13 Å². The van der Waals surface area contributed by atoms with Crippen molar-refractivity contribution in [2.45, 2.75) is 26.7 Å². The number of thiazole rings is 1. The van der Waals surface area contributed by atoms with Gasteiger partial charge in [0.15, 0.2) is 0 Å². The third kappa shape index (κ3) is 4.69. The average Bonchev–Trinajstić information content (AvgIpc) is 3.36. The topological polar surface area (TPSA) is 78.3 Å². The number of hydrogen-bond acceptors (Lipinski definition) is 6. The van der Waals surface area contributed by atoms with Gasteiger partial charge in [-0.1, -0.05) is 30.7 Å². The molecule has 160 valence electrons. The van der Waals surface area contributed by atoms with Crippen LogP contribution in [-0.2, 0) is 0 Å². The molecular weight excluding hydrogens is 412 g/mol. The minimum atomic E-state index is -0.232. The van der Waals surface area contributed by atoms with Crippen molar-refractivity contribution in [1.29, 1.82) is 0 Å². The van der Waals surface area contributed by atoms with Crippen molar-refractivity contribution in [3.05, 3.63) is 59.8 Å². The molecule has 0 radical (unpaired) electrons. The predicted octanol–water partition coefficient (Wildman–Crippen LogP) is 5.23. The number of ether oxygens (including phenoxy) is 2. The lowest BCUT2D eigenvalue weighted by atomic mass is 10.2. The largest absolute Gasteiger partial charge is 0.497 e. The van der Waals surface area contributed by atoms with E-state index in [9.17, 15) is 4.79 Å². The van der Waals surface area contributed by atoms with Gasteiger partial charge in [0.1, 0.15) is 17.3 Å². The summed E-state index contributed by atoms with van der Waals surface area (Å²) in [7, 11) is 1.63. The fourth-order valence-corrected chi connectivity index (χ4v) is 4.01. The highest BCUT2D eigenvalue weighted by Crippen LogP contribution is 2.30. The van der Waals surface area contributed by atoms with E-state index in [1.165, 1.54) is 11.3 Å². The van der Waals surface area contributed by atoms with Crippen LogP contribution in [0.5, 0.6) is 11.5 Å². The second kappa shape index (κ2) is 9.18. The van der Waals surface area contributed by atoms with Crippen LogP contribution in [0.25, 0.3) is 15.3 Å². The lowest BCUT2D eigenvalue weighted by Crippen LogP contribution is -2.15. The number of carbonyl (C=O) groups excluding carboxylic acids is 1. The minimum Gasteiger partial charge on any atom is -0.497 e. The normalized spacial score (nSPS) is 10.9. The Morgan fingerprint density at radius 3 is 2.84 bits per heavy atom. The van der Waals surface area contributed by atoms with Crippen molar-refractivity contribution >= 4 is 33.3 Å². The van der Waals surface area contributed by atoms with Gasteiger partial charge in [-0.2, -0.15) is 9.78 Å². The molecule has 31 heavy (non-hydrogen) atoms. The van der Waals surface area contributed by atoms with Crippen molar-refractivity contribution in [2.24, 2.45) is 0 Å². The number of nitrogens with zero attached hydrogens (tertiary/aromatic N) is 3. The number of unbranched alkanes of at least 4 members (excludes halogenated alkanes) is 1. The quantitative estimate of drug-likeness (QED) is 0.383. The molecule has 0 unspecified atom stereocenters. The highest BCUT2D eigenvalue weighted by atomic mass is 32.1. The Morgan fingerprint density at radius 1 is 1.16 bits per heavy atom. The number of aromatic nitrogens is 3. The molecule has 2 aromatic carbocycles. The summed E-state index contributed by atoms with van der Waals surface area (Å²) < 4.78 is 13.7. The van der Waals surface area contributed by atoms with Gasteiger partial charge in [0, 0.05) is 17.7 Å². The van der Waals surface area contributed by atoms with Gasteiger partial charge in [-0.25, -0.2) is 4.98 Å². The smallest absolute Gasteiger partial charge is 0.256 e. The molecule has 7 nitrogen and oxygen atoms in total. The van der Waals surface area contributed by atoms with Crippen LogP contribution in [-0.4, -0.2) is 34.4 Å². The van der Waals surface area contributed by atoms with Crippen LogP contribution in [0.15, 0.2) is 48.5 Å². The SMILES string of the molecule is CCCCOc1cccc(C(=O)Nc2cc(C)nn2-c2nc3cc(OC)ccc3s2)c1. The number of anilines is 1. The summed E-state index contributed by atoms with van der Waals surface area (Å²) in [6, 6.07) is 14.8. The van der Waals surface area contributed by atoms with Gasteiger partial charge in [0.05, 0.1) is 29.6 Å². The van der Waals surface area contributed by atoms with Gasteiger partial charge >= 0.3 is 0 Å². The zero-order chi connectivity index (χ0) is 21.8. The Hall–Kier alpha value is -3.39. The molecule has 0 aliphatic rings. The van der Waals surface area contributed by atoms with E-state index in [1.54, 1.807) is 23.9 Å². The summed E-state index contributed by atoms with van der Waals surface area (Å²) >= 11 is 1.50. The summed E-state index contributed by atoms with van der Waals surface area (Å²) in [5.74, 6) is 1.76. The first kappa shape index (κ1) is 20.9. The van der Waals surface area contributed by atoms with Crippen molar-refractivity contribution < 1.29 is 14.3 Å². The second-order valence-electron chi connectivity index (χ2n) is 7.10. The summed E-state index contributed by atoms with van der Waals surface area (Å²) in [6.07, 6.45) is 2.03. The molecule has 0 bridgehead atoms. The molecule has 2 aromatic heterocycles. The van der Waals surface area contributed by atoms with E-state index in [2.05, 4.69) is 22.3 Å². The van der Waals surface area contributed by atoms with Crippen LogP contribution in [0, 0.1) is 6.92 Å². The van der Waals surface area contributed by atoms with Crippen LogP contribution in [0.4, 0.5) is 5.82 Å². The molecule has 4 aromatic rings. The number of methoxy groups -OCH3 is 1. The maximum atomic E-state index is 12.9. The lowest BCUT2D eigenvalue weighted by Gasteiger charge is -2.09. The van der Waals surface area contributed by atoms with Gasteiger partial charge in [0.25, 0.3) is 5.91 Å². The molecule has 2 heterocycles. The van der Waals surface area contributed by atoms with Gasteiger partial charge in [-0.15, -0.1) is 0 Å². The first-order valence-electron chi connectivity index (χ1n) is 10.1. The number of rotatable bonds is 8. The standard InChI is InChI=1S/C23H24N4O3S/c1-4-5-11-30-18-8-6-7-16(13-18)22(28)25-21-12-15(2)26-27(21)23-24-19-14-17(29-3)9-10-20(19)31-23/h6-10,12-14H,4-5,11H2,1-3H3,(H,25,28). The van der Waals surface area contributed by atoms with Crippen LogP contribution in [0.1, 0.15) is 35.8 Å². The molecule has 0 aliphatic heterocycles. The first-order valence-corrected chi connectivity index (χ1v) is 10.9. The first-order chi connectivity index (χ1) is 15.1. The Morgan fingerprint density at radius 2 is 2.03 bits per heavy atom. The predicted molar refractivity (Wildman–Crippen MR) is 123 cm³/mol. The molecule has 0 fully saturated rings. The molecular formula is C23H24N4O3S. The van der Waals surface area contributed by atoms with Crippen LogP contribution in [0.2, 0.25) is 0 Å². The summed E-state index contributed by atoms with van der Waals surface area (Å²) in [4.78, 5) is 17.6. The minimum absolute atomic E-state index is 0.232. The zero-order valence-electron chi connectivity index (χ0n) is 17.7. The van der Waals surface area contributed by atoms with E-state index in [0.29, 0.717) is 28.9 Å². The lowest BCUT2D eigenvalue weighted by molar-refractivity contribution is 0.102. The maximum absolute atomic E-state index is 12.9.